The summed E-state index contributed by atoms with van der Waals surface area (Å²) in [5.74, 6) is -1.08. The second-order valence-corrected chi connectivity index (χ2v) is 7.27. The van der Waals surface area contributed by atoms with E-state index >= 15 is 0 Å². The Morgan fingerprint density at radius 3 is 1.96 bits per heavy atom. The average molecular weight is 389 g/mol. The fourth-order valence-corrected chi connectivity index (χ4v) is 3.41. The normalized spacial score (nSPS) is 18.0. The highest BCUT2D eigenvalue weighted by molar-refractivity contribution is 4.74. The van der Waals surface area contributed by atoms with Gasteiger partial charge in [0.15, 0.2) is 0 Å². The van der Waals surface area contributed by atoms with Crippen LogP contribution in [-0.4, -0.2) is 51.2 Å². The van der Waals surface area contributed by atoms with Gasteiger partial charge in [-0.3, -0.25) is 0 Å². The Kier molecular flexibility index (Phi) is 14.4. The molecule has 2 atom stereocenters. The summed E-state index contributed by atoms with van der Waals surface area (Å²) in [7, 11) is 0. The zero-order valence-corrected chi connectivity index (χ0v) is 18.3. The van der Waals surface area contributed by atoms with Crippen LogP contribution in [0.4, 0.5) is 0 Å². The van der Waals surface area contributed by atoms with E-state index in [0.29, 0.717) is 32.5 Å². The predicted octanol–water partition coefficient (Wildman–Crippen LogP) is 5.45. The van der Waals surface area contributed by atoms with Crippen LogP contribution >= 0.6 is 0 Å². The molecule has 1 saturated heterocycles. The molecule has 0 aromatic rings. The van der Waals surface area contributed by atoms with Crippen molar-refractivity contribution >= 4 is 0 Å². The molecule has 1 aliphatic heterocycles. The molecule has 5 heteroatoms. The second kappa shape index (κ2) is 15.7. The lowest BCUT2D eigenvalue weighted by Crippen LogP contribution is -2.51. The van der Waals surface area contributed by atoms with Crippen LogP contribution in [0.5, 0.6) is 0 Å². The molecule has 0 bridgehead atoms. The lowest BCUT2D eigenvalue weighted by Gasteiger charge is -2.38. The molecule has 0 aromatic carbocycles. The van der Waals surface area contributed by atoms with E-state index in [2.05, 4.69) is 6.92 Å². The van der Waals surface area contributed by atoms with Gasteiger partial charge in [0.05, 0.1) is 12.7 Å². The van der Waals surface area contributed by atoms with Crippen molar-refractivity contribution in [3.05, 3.63) is 0 Å². The first-order valence-corrected chi connectivity index (χ1v) is 11.4. The number of hydrogen-bond donors (Lipinski definition) is 0. The van der Waals surface area contributed by atoms with Crippen LogP contribution in [0.15, 0.2) is 0 Å². The Labute approximate surface area is 167 Å². The topological polar surface area (TPSA) is 49.5 Å². The van der Waals surface area contributed by atoms with Crippen molar-refractivity contribution in [3.63, 3.8) is 0 Å². The van der Waals surface area contributed by atoms with Crippen molar-refractivity contribution < 1.29 is 23.7 Å². The van der Waals surface area contributed by atoms with E-state index in [0.717, 1.165) is 38.7 Å². The van der Waals surface area contributed by atoms with Gasteiger partial charge in [-0.15, -0.1) is 0 Å². The molecule has 162 valence electrons. The minimum absolute atomic E-state index is 0.194. The van der Waals surface area contributed by atoms with E-state index in [4.69, 9.17) is 23.7 Å². The van der Waals surface area contributed by atoms with Gasteiger partial charge in [0.1, 0.15) is 6.10 Å². The van der Waals surface area contributed by atoms with Gasteiger partial charge in [0.2, 0.25) is 0 Å². The maximum Gasteiger partial charge on any atom is 0.310 e. The van der Waals surface area contributed by atoms with Crippen LogP contribution in [0.3, 0.4) is 0 Å². The highest BCUT2D eigenvalue weighted by atomic mass is 16.9. The molecule has 1 rings (SSSR count). The zero-order valence-electron chi connectivity index (χ0n) is 18.3. The summed E-state index contributed by atoms with van der Waals surface area (Å²) < 4.78 is 29.5. The molecular weight excluding hydrogens is 344 g/mol. The Morgan fingerprint density at radius 1 is 0.815 bits per heavy atom. The second-order valence-electron chi connectivity index (χ2n) is 7.27. The summed E-state index contributed by atoms with van der Waals surface area (Å²) in [4.78, 5) is 0. The molecule has 1 heterocycles. The molecule has 0 N–H and O–H groups in total. The molecule has 0 saturated carbocycles. The molecule has 0 amide bonds. The number of hydrogen-bond acceptors (Lipinski definition) is 5. The van der Waals surface area contributed by atoms with Crippen molar-refractivity contribution in [3.8, 4) is 0 Å². The van der Waals surface area contributed by atoms with Crippen molar-refractivity contribution in [2.24, 2.45) is 0 Å². The molecule has 5 nitrogen and oxygen atoms in total. The SMILES string of the molecule is CCCCCCCCC(OCCCCC1CO1)C(OCC)(OCC)OCC. The van der Waals surface area contributed by atoms with Crippen LogP contribution in [0, 0.1) is 0 Å². The van der Waals surface area contributed by atoms with Crippen molar-refractivity contribution in [1.29, 1.82) is 0 Å². The maximum atomic E-state index is 6.28. The van der Waals surface area contributed by atoms with Crippen LogP contribution in [0.2, 0.25) is 0 Å². The minimum atomic E-state index is -1.08. The van der Waals surface area contributed by atoms with Crippen LogP contribution in [0.1, 0.15) is 91.9 Å². The van der Waals surface area contributed by atoms with E-state index < -0.39 is 5.97 Å². The van der Waals surface area contributed by atoms with Crippen molar-refractivity contribution in [2.75, 3.05) is 33.0 Å². The van der Waals surface area contributed by atoms with Gasteiger partial charge >= 0.3 is 5.97 Å². The average Bonchev–Trinajstić information content (AvgIpc) is 3.47. The van der Waals surface area contributed by atoms with Crippen molar-refractivity contribution in [2.45, 2.75) is 110 Å². The first-order chi connectivity index (χ1) is 13.2. The monoisotopic (exact) mass is 388 g/mol. The number of epoxide rings is 1. The van der Waals surface area contributed by atoms with Gasteiger partial charge in [-0.25, -0.2) is 0 Å². The number of unbranched alkanes of at least 4 members (excludes halogenated alkanes) is 6. The highest BCUT2D eigenvalue weighted by Crippen LogP contribution is 2.28. The van der Waals surface area contributed by atoms with E-state index in [1.807, 2.05) is 20.8 Å². The van der Waals surface area contributed by atoms with Gasteiger partial charge in [0, 0.05) is 26.4 Å². The summed E-state index contributed by atoms with van der Waals surface area (Å²) in [5.41, 5.74) is 0. The number of rotatable bonds is 20. The largest absolute Gasteiger partial charge is 0.373 e. The maximum absolute atomic E-state index is 6.28. The lowest BCUT2D eigenvalue weighted by atomic mass is 10.1. The quantitative estimate of drug-likeness (QED) is 0.158. The van der Waals surface area contributed by atoms with Gasteiger partial charge in [-0.1, -0.05) is 45.4 Å². The summed E-state index contributed by atoms with van der Waals surface area (Å²) >= 11 is 0. The molecule has 2 unspecified atom stereocenters. The summed E-state index contributed by atoms with van der Waals surface area (Å²) in [5, 5.41) is 0. The predicted molar refractivity (Wildman–Crippen MR) is 109 cm³/mol. The van der Waals surface area contributed by atoms with E-state index in [1.54, 1.807) is 0 Å². The smallest absolute Gasteiger partial charge is 0.310 e. The first-order valence-electron chi connectivity index (χ1n) is 11.4. The van der Waals surface area contributed by atoms with E-state index in [1.165, 1.54) is 32.1 Å². The standard InChI is InChI=1S/C22H44O5/c1-5-9-10-11-12-13-17-21(23-18-15-14-16-20-19-24-20)22(25-6-2,26-7-3)27-8-4/h20-21H,5-19H2,1-4H3. The highest BCUT2D eigenvalue weighted by Gasteiger charge is 2.43. The van der Waals surface area contributed by atoms with Gasteiger partial charge in [0.25, 0.3) is 0 Å². The Morgan fingerprint density at radius 2 is 1.41 bits per heavy atom. The Hall–Kier alpha value is -0.200. The van der Waals surface area contributed by atoms with Crippen LogP contribution in [0.25, 0.3) is 0 Å². The summed E-state index contributed by atoms with van der Waals surface area (Å²) in [6.45, 7) is 11.4. The Balaban J connectivity index is 2.53. The third-order valence-electron chi connectivity index (χ3n) is 4.89. The minimum Gasteiger partial charge on any atom is -0.373 e. The molecule has 1 aliphatic rings. The fraction of sp³-hybridized carbons (Fsp3) is 1.00. The Bertz CT molecular complexity index is 316. The molecule has 27 heavy (non-hydrogen) atoms. The zero-order chi connectivity index (χ0) is 19.8. The van der Waals surface area contributed by atoms with Crippen molar-refractivity contribution in [1.82, 2.24) is 0 Å². The van der Waals surface area contributed by atoms with E-state index in [-0.39, 0.29) is 6.10 Å². The molecule has 0 aliphatic carbocycles. The number of ether oxygens (including phenoxy) is 5. The van der Waals surface area contributed by atoms with Crippen LogP contribution < -0.4 is 0 Å². The molecule has 0 spiro atoms. The lowest BCUT2D eigenvalue weighted by molar-refractivity contribution is -0.415. The van der Waals surface area contributed by atoms with E-state index in [9.17, 15) is 0 Å². The molecule has 0 radical (unpaired) electrons. The third kappa shape index (κ3) is 10.8. The molecule has 1 fully saturated rings. The third-order valence-corrected chi connectivity index (χ3v) is 4.89. The fourth-order valence-electron chi connectivity index (χ4n) is 3.41. The summed E-state index contributed by atoms with van der Waals surface area (Å²) in [6.07, 6.45) is 12.1. The van der Waals surface area contributed by atoms with Gasteiger partial charge in [-0.2, -0.15) is 0 Å². The first kappa shape index (κ1) is 24.8. The van der Waals surface area contributed by atoms with Gasteiger partial charge < -0.3 is 23.7 Å². The summed E-state index contributed by atoms with van der Waals surface area (Å²) in [6, 6.07) is 0. The van der Waals surface area contributed by atoms with Gasteiger partial charge in [-0.05, 0) is 46.5 Å². The molecular formula is C22H44O5. The van der Waals surface area contributed by atoms with Crippen LogP contribution in [-0.2, 0) is 23.7 Å². The molecule has 0 aromatic heterocycles.